The SMILES string of the molecule is O=C(c1ccc(OCC2CCCO2)cc1)N1CCN(Cc2ccncc2)CC1. The van der Waals surface area contributed by atoms with Crippen LogP contribution in [0.5, 0.6) is 5.75 Å². The van der Waals surface area contributed by atoms with Crippen LogP contribution in [0.25, 0.3) is 0 Å². The summed E-state index contributed by atoms with van der Waals surface area (Å²) in [6, 6.07) is 11.6. The Kier molecular flexibility index (Phi) is 6.19. The van der Waals surface area contributed by atoms with Gasteiger partial charge >= 0.3 is 0 Å². The summed E-state index contributed by atoms with van der Waals surface area (Å²) >= 11 is 0. The second kappa shape index (κ2) is 9.17. The van der Waals surface area contributed by atoms with E-state index in [1.54, 1.807) is 0 Å². The van der Waals surface area contributed by atoms with Crippen LogP contribution in [0.4, 0.5) is 0 Å². The van der Waals surface area contributed by atoms with Gasteiger partial charge in [-0.15, -0.1) is 0 Å². The number of carbonyl (C=O) groups excluding carboxylic acids is 1. The van der Waals surface area contributed by atoms with Crippen molar-refractivity contribution in [1.29, 1.82) is 0 Å². The average Bonchev–Trinajstić information content (AvgIpc) is 3.27. The molecule has 4 rings (SSSR count). The van der Waals surface area contributed by atoms with Crippen LogP contribution in [0, 0.1) is 0 Å². The van der Waals surface area contributed by atoms with Gasteiger partial charge in [-0.3, -0.25) is 14.7 Å². The van der Waals surface area contributed by atoms with Crippen LogP contribution in [-0.2, 0) is 11.3 Å². The number of nitrogens with zero attached hydrogens (tertiary/aromatic N) is 3. The van der Waals surface area contributed by atoms with Gasteiger partial charge in [0.05, 0.1) is 6.10 Å². The van der Waals surface area contributed by atoms with Crippen molar-refractivity contribution in [3.63, 3.8) is 0 Å². The fourth-order valence-corrected chi connectivity index (χ4v) is 3.70. The highest BCUT2D eigenvalue weighted by Gasteiger charge is 2.22. The van der Waals surface area contributed by atoms with Crippen LogP contribution in [0.3, 0.4) is 0 Å². The van der Waals surface area contributed by atoms with Gasteiger partial charge in [0.25, 0.3) is 5.91 Å². The summed E-state index contributed by atoms with van der Waals surface area (Å²) in [5.41, 5.74) is 1.97. The monoisotopic (exact) mass is 381 g/mol. The highest BCUT2D eigenvalue weighted by molar-refractivity contribution is 5.94. The predicted molar refractivity (Wildman–Crippen MR) is 106 cm³/mol. The van der Waals surface area contributed by atoms with Gasteiger partial charge in [-0.1, -0.05) is 0 Å². The molecule has 0 spiro atoms. The Morgan fingerprint density at radius 2 is 1.82 bits per heavy atom. The molecule has 0 saturated carbocycles. The molecule has 0 bridgehead atoms. The summed E-state index contributed by atoms with van der Waals surface area (Å²) < 4.78 is 11.3. The van der Waals surface area contributed by atoms with Gasteiger partial charge in [0.15, 0.2) is 0 Å². The minimum absolute atomic E-state index is 0.0919. The second-order valence-electron chi connectivity index (χ2n) is 7.39. The van der Waals surface area contributed by atoms with E-state index in [0.717, 1.165) is 57.9 Å². The number of amides is 1. The third-order valence-corrected chi connectivity index (χ3v) is 5.38. The highest BCUT2D eigenvalue weighted by Crippen LogP contribution is 2.18. The van der Waals surface area contributed by atoms with Gasteiger partial charge in [-0.2, -0.15) is 0 Å². The maximum absolute atomic E-state index is 12.8. The van der Waals surface area contributed by atoms with Gasteiger partial charge in [-0.05, 0) is 54.8 Å². The van der Waals surface area contributed by atoms with Crippen molar-refractivity contribution in [2.24, 2.45) is 0 Å². The molecule has 0 radical (unpaired) electrons. The molecule has 2 aliphatic heterocycles. The summed E-state index contributed by atoms with van der Waals surface area (Å²) in [5, 5.41) is 0. The number of piperazine rings is 1. The first-order chi connectivity index (χ1) is 13.8. The van der Waals surface area contributed by atoms with E-state index < -0.39 is 0 Å². The molecule has 2 saturated heterocycles. The first-order valence-electron chi connectivity index (χ1n) is 10.0. The maximum Gasteiger partial charge on any atom is 0.253 e. The van der Waals surface area contributed by atoms with Gasteiger partial charge in [0.2, 0.25) is 0 Å². The molecule has 6 nitrogen and oxygen atoms in total. The third kappa shape index (κ3) is 4.88. The minimum Gasteiger partial charge on any atom is -0.491 e. The van der Waals surface area contributed by atoms with E-state index in [0.29, 0.717) is 12.2 Å². The number of hydrogen-bond acceptors (Lipinski definition) is 5. The normalized spacial score (nSPS) is 20.3. The molecule has 0 aliphatic carbocycles. The van der Waals surface area contributed by atoms with Crippen LogP contribution in [-0.4, -0.2) is 66.2 Å². The third-order valence-electron chi connectivity index (χ3n) is 5.38. The fourth-order valence-electron chi connectivity index (χ4n) is 3.70. The zero-order valence-corrected chi connectivity index (χ0v) is 16.1. The largest absolute Gasteiger partial charge is 0.491 e. The molecule has 6 heteroatoms. The van der Waals surface area contributed by atoms with Gasteiger partial charge in [0, 0.05) is 57.3 Å². The second-order valence-corrected chi connectivity index (χ2v) is 7.39. The molecule has 28 heavy (non-hydrogen) atoms. The van der Waals surface area contributed by atoms with E-state index >= 15 is 0 Å². The molecule has 1 unspecified atom stereocenters. The molecule has 1 aromatic heterocycles. The lowest BCUT2D eigenvalue weighted by Crippen LogP contribution is -2.48. The van der Waals surface area contributed by atoms with Gasteiger partial charge in [0.1, 0.15) is 12.4 Å². The number of pyridine rings is 1. The van der Waals surface area contributed by atoms with E-state index in [4.69, 9.17) is 9.47 Å². The zero-order chi connectivity index (χ0) is 19.2. The molecular weight excluding hydrogens is 354 g/mol. The molecule has 3 heterocycles. The van der Waals surface area contributed by atoms with Crippen molar-refractivity contribution in [1.82, 2.24) is 14.8 Å². The van der Waals surface area contributed by atoms with Gasteiger partial charge in [-0.25, -0.2) is 0 Å². The zero-order valence-electron chi connectivity index (χ0n) is 16.1. The average molecular weight is 381 g/mol. The minimum atomic E-state index is 0.0919. The number of rotatable bonds is 6. The summed E-state index contributed by atoms with van der Waals surface area (Å²) in [4.78, 5) is 21.2. The Balaban J connectivity index is 1.25. The number of aromatic nitrogens is 1. The Hall–Kier alpha value is -2.44. The number of benzene rings is 1. The lowest BCUT2D eigenvalue weighted by molar-refractivity contribution is 0.0627. The predicted octanol–water partition coefficient (Wildman–Crippen LogP) is 2.60. The van der Waals surface area contributed by atoms with Gasteiger partial charge < -0.3 is 14.4 Å². The number of carbonyl (C=O) groups is 1. The standard InChI is InChI=1S/C22H27N3O3/c26-22(19-3-5-20(6-4-19)28-17-21-2-1-15-27-21)25-13-11-24(12-14-25)16-18-7-9-23-10-8-18/h3-10,21H,1-2,11-17H2. The van der Waals surface area contributed by atoms with Crippen LogP contribution in [0.15, 0.2) is 48.8 Å². The van der Waals surface area contributed by atoms with Crippen molar-refractivity contribution < 1.29 is 14.3 Å². The summed E-state index contributed by atoms with van der Waals surface area (Å²) in [6.07, 6.45) is 6.01. The van der Waals surface area contributed by atoms with E-state index in [1.807, 2.05) is 53.7 Å². The summed E-state index contributed by atoms with van der Waals surface area (Å²) in [5.74, 6) is 0.878. The molecule has 2 aliphatic rings. The first-order valence-corrected chi connectivity index (χ1v) is 10.0. The summed E-state index contributed by atoms with van der Waals surface area (Å²) in [7, 11) is 0. The summed E-state index contributed by atoms with van der Waals surface area (Å²) in [6.45, 7) is 5.58. The Bertz CT molecular complexity index is 752. The maximum atomic E-state index is 12.8. The molecule has 1 amide bonds. The van der Waals surface area contributed by atoms with Crippen LogP contribution >= 0.6 is 0 Å². The van der Waals surface area contributed by atoms with E-state index in [-0.39, 0.29) is 12.0 Å². The van der Waals surface area contributed by atoms with Crippen molar-refractivity contribution in [3.8, 4) is 5.75 Å². The molecular formula is C22H27N3O3. The topological polar surface area (TPSA) is 54.9 Å². The van der Waals surface area contributed by atoms with E-state index in [1.165, 1.54) is 5.56 Å². The molecule has 148 valence electrons. The van der Waals surface area contributed by atoms with Crippen molar-refractivity contribution in [2.45, 2.75) is 25.5 Å². The number of ether oxygens (including phenoxy) is 2. The fraction of sp³-hybridized carbons (Fsp3) is 0.455. The van der Waals surface area contributed by atoms with E-state index in [2.05, 4.69) is 9.88 Å². The highest BCUT2D eigenvalue weighted by atomic mass is 16.5. The molecule has 1 atom stereocenters. The molecule has 2 aromatic rings. The quantitative estimate of drug-likeness (QED) is 0.770. The van der Waals surface area contributed by atoms with Crippen molar-refractivity contribution >= 4 is 5.91 Å². The van der Waals surface area contributed by atoms with Crippen LogP contribution in [0.1, 0.15) is 28.8 Å². The lowest BCUT2D eigenvalue weighted by Gasteiger charge is -2.34. The van der Waals surface area contributed by atoms with Crippen LogP contribution in [0.2, 0.25) is 0 Å². The number of hydrogen-bond donors (Lipinski definition) is 0. The van der Waals surface area contributed by atoms with Crippen molar-refractivity contribution in [2.75, 3.05) is 39.4 Å². The van der Waals surface area contributed by atoms with Crippen LogP contribution < -0.4 is 4.74 Å². The Morgan fingerprint density at radius 1 is 1.07 bits per heavy atom. The molecule has 0 N–H and O–H groups in total. The van der Waals surface area contributed by atoms with E-state index in [9.17, 15) is 4.79 Å². The molecule has 2 fully saturated rings. The Labute approximate surface area is 166 Å². The first kappa shape index (κ1) is 18.9. The van der Waals surface area contributed by atoms with Crippen molar-refractivity contribution in [3.05, 3.63) is 59.9 Å². The smallest absolute Gasteiger partial charge is 0.253 e. The molecule has 1 aromatic carbocycles. The lowest BCUT2D eigenvalue weighted by atomic mass is 10.1. The Morgan fingerprint density at radius 3 is 2.50 bits per heavy atom.